The van der Waals surface area contributed by atoms with Crippen molar-refractivity contribution in [2.24, 2.45) is 0 Å². The van der Waals surface area contributed by atoms with Crippen molar-refractivity contribution in [1.82, 2.24) is 10.2 Å². The predicted molar refractivity (Wildman–Crippen MR) is 113 cm³/mol. The Morgan fingerprint density at radius 3 is 2.57 bits per heavy atom. The third-order valence-electron chi connectivity index (χ3n) is 4.71. The highest BCUT2D eigenvalue weighted by atomic mass is 35.5. The van der Waals surface area contributed by atoms with E-state index < -0.39 is 0 Å². The van der Waals surface area contributed by atoms with Gasteiger partial charge in [-0.3, -0.25) is 9.89 Å². The number of carbonyl (C=O) groups excluding carboxylic acids is 1. The van der Waals surface area contributed by atoms with E-state index in [2.05, 4.69) is 15.5 Å². The van der Waals surface area contributed by atoms with E-state index in [-0.39, 0.29) is 16.4 Å². The Hall–Kier alpha value is -2.44. The second kappa shape index (κ2) is 7.89. The molecule has 0 saturated carbocycles. The van der Waals surface area contributed by atoms with E-state index in [1.807, 2.05) is 62.4 Å². The minimum atomic E-state index is -0.167. The van der Waals surface area contributed by atoms with Gasteiger partial charge in [0.2, 0.25) is 5.91 Å². The average molecular weight is 414 g/mol. The molecule has 4 rings (SSSR count). The molecule has 0 radical (unpaired) electrons. The Kier molecular flexibility index (Phi) is 5.33. The third-order valence-corrected chi connectivity index (χ3v) is 6.36. The molecule has 2 heterocycles. The van der Waals surface area contributed by atoms with Gasteiger partial charge in [0.1, 0.15) is 12.4 Å². The summed E-state index contributed by atoms with van der Waals surface area (Å²) >= 11 is 7.54. The van der Waals surface area contributed by atoms with Crippen LogP contribution in [0.25, 0.3) is 0 Å². The maximum atomic E-state index is 12.2. The van der Waals surface area contributed by atoms with Crippen LogP contribution < -0.4 is 10.1 Å². The number of aromatic nitrogens is 2. The average Bonchev–Trinajstić information content (AvgIpc) is 2.99. The molecule has 1 aromatic heterocycles. The summed E-state index contributed by atoms with van der Waals surface area (Å²) < 4.78 is 5.88. The first-order valence-corrected chi connectivity index (χ1v) is 10.3. The number of nitrogens with one attached hydrogen (secondary N) is 2. The van der Waals surface area contributed by atoms with Crippen molar-refractivity contribution in [3.05, 3.63) is 75.9 Å². The molecule has 28 heavy (non-hydrogen) atoms. The van der Waals surface area contributed by atoms with Crippen LogP contribution in [0.4, 0.5) is 5.82 Å². The minimum Gasteiger partial charge on any atom is -0.489 e. The Morgan fingerprint density at radius 1 is 1.14 bits per heavy atom. The number of amides is 1. The number of hydrogen-bond acceptors (Lipinski definition) is 4. The standard InChI is InChI=1S/C21H20ClN3O2S/c1-12-18-19(28-13(2)21(26)23-20(18)25-24-12)15-5-9-17(10-6-15)27-11-14-3-7-16(22)8-4-14/h3-10,13,19H,11H2,1-2H3,(H2,23,24,25,26)/t13-,19+/m1/s1. The molecule has 7 heteroatoms. The van der Waals surface area contributed by atoms with Crippen LogP contribution in [-0.2, 0) is 11.4 Å². The van der Waals surface area contributed by atoms with Crippen molar-refractivity contribution in [1.29, 1.82) is 0 Å². The largest absolute Gasteiger partial charge is 0.489 e. The lowest BCUT2D eigenvalue weighted by Crippen LogP contribution is -2.21. The fourth-order valence-corrected chi connectivity index (χ4v) is 4.59. The van der Waals surface area contributed by atoms with Crippen molar-refractivity contribution < 1.29 is 9.53 Å². The van der Waals surface area contributed by atoms with Crippen LogP contribution in [0.15, 0.2) is 48.5 Å². The van der Waals surface area contributed by atoms with Crippen LogP contribution >= 0.6 is 23.4 Å². The first-order chi connectivity index (χ1) is 13.5. The molecular formula is C21H20ClN3O2S. The summed E-state index contributed by atoms with van der Waals surface area (Å²) in [5.74, 6) is 1.39. The van der Waals surface area contributed by atoms with Crippen molar-refractivity contribution in [2.45, 2.75) is 31.0 Å². The highest BCUT2D eigenvalue weighted by molar-refractivity contribution is 8.01. The highest BCUT2D eigenvalue weighted by Crippen LogP contribution is 2.44. The lowest BCUT2D eigenvalue weighted by molar-refractivity contribution is -0.115. The van der Waals surface area contributed by atoms with Gasteiger partial charge >= 0.3 is 0 Å². The van der Waals surface area contributed by atoms with E-state index in [0.29, 0.717) is 17.4 Å². The molecule has 0 aliphatic carbocycles. The third kappa shape index (κ3) is 3.88. The molecule has 1 amide bonds. The normalized spacial score (nSPS) is 18.9. The molecule has 0 saturated heterocycles. The van der Waals surface area contributed by atoms with E-state index in [0.717, 1.165) is 28.1 Å². The monoisotopic (exact) mass is 413 g/mol. The number of ether oxygens (including phenoxy) is 1. The molecule has 2 N–H and O–H groups in total. The van der Waals surface area contributed by atoms with Gasteiger partial charge in [-0.15, -0.1) is 11.8 Å². The molecule has 0 spiro atoms. The van der Waals surface area contributed by atoms with E-state index >= 15 is 0 Å². The first kappa shape index (κ1) is 18.9. The molecule has 2 aromatic carbocycles. The fraction of sp³-hybridized carbons (Fsp3) is 0.238. The van der Waals surface area contributed by atoms with Crippen LogP contribution in [0, 0.1) is 6.92 Å². The number of nitrogens with zero attached hydrogens (tertiary/aromatic N) is 1. The number of anilines is 1. The van der Waals surface area contributed by atoms with Crippen molar-refractivity contribution in [2.75, 3.05) is 5.32 Å². The summed E-state index contributed by atoms with van der Waals surface area (Å²) in [5.41, 5.74) is 4.16. The zero-order valence-electron chi connectivity index (χ0n) is 15.5. The van der Waals surface area contributed by atoms with Gasteiger partial charge in [0.05, 0.1) is 10.5 Å². The maximum absolute atomic E-state index is 12.2. The number of thioether (sulfide) groups is 1. The van der Waals surface area contributed by atoms with Crippen LogP contribution in [0.3, 0.4) is 0 Å². The van der Waals surface area contributed by atoms with E-state index in [4.69, 9.17) is 16.3 Å². The summed E-state index contributed by atoms with van der Waals surface area (Å²) in [6.07, 6.45) is 0. The van der Waals surface area contributed by atoms with Crippen LogP contribution in [-0.4, -0.2) is 21.4 Å². The Morgan fingerprint density at radius 2 is 1.86 bits per heavy atom. The summed E-state index contributed by atoms with van der Waals surface area (Å²) in [6.45, 7) is 4.38. The number of rotatable bonds is 4. The quantitative estimate of drug-likeness (QED) is 0.623. The molecule has 0 bridgehead atoms. The zero-order valence-corrected chi connectivity index (χ0v) is 17.1. The fourth-order valence-electron chi connectivity index (χ4n) is 3.14. The van der Waals surface area contributed by atoms with Gasteiger partial charge in [-0.1, -0.05) is 35.9 Å². The van der Waals surface area contributed by atoms with Crippen LogP contribution in [0.5, 0.6) is 5.75 Å². The number of H-pyrrole nitrogens is 1. The van der Waals surface area contributed by atoms with Gasteiger partial charge in [-0.2, -0.15) is 5.10 Å². The summed E-state index contributed by atoms with van der Waals surface area (Å²) in [7, 11) is 0. The lowest BCUT2D eigenvalue weighted by Gasteiger charge is -2.18. The number of fused-ring (bicyclic) bond motifs is 1. The molecule has 1 aliphatic rings. The van der Waals surface area contributed by atoms with Gasteiger partial charge in [0, 0.05) is 16.3 Å². The number of aryl methyl sites for hydroxylation is 1. The van der Waals surface area contributed by atoms with Gasteiger partial charge < -0.3 is 10.1 Å². The number of hydrogen-bond donors (Lipinski definition) is 2. The number of halogens is 1. The molecule has 0 fully saturated rings. The molecule has 5 nitrogen and oxygen atoms in total. The van der Waals surface area contributed by atoms with Gasteiger partial charge in [-0.05, 0) is 49.2 Å². The van der Waals surface area contributed by atoms with Crippen molar-refractivity contribution >= 4 is 35.1 Å². The van der Waals surface area contributed by atoms with Crippen molar-refractivity contribution in [3.8, 4) is 5.75 Å². The molecule has 0 unspecified atom stereocenters. The van der Waals surface area contributed by atoms with E-state index in [9.17, 15) is 4.79 Å². The number of aromatic amines is 1. The Labute approximate surface area is 172 Å². The molecular weight excluding hydrogens is 394 g/mol. The molecule has 3 aromatic rings. The Bertz CT molecular complexity index is 986. The minimum absolute atomic E-state index is 0.0213. The SMILES string of the molecule is Cc1[nH]nc2c1[C@H](c1ccc(OCc3ccc(Cl)cc3)cc1)S[C@H](C)C(=O)N2. The topological polar surface area (TPSA) is 67.0 Å². The predicted octanol–water partition coefficient (Wildman–Crippen LogP) is 5.11. The second-order valence-electron chi connectivity index (χ2n) is 6.74. The Balaban J connectivity index is 1.53. The molecule has 144 valence electrons. The molecule has 2 atom stereocenters. The highest BCUT2D eigenvalue weighted by Gasteiger charge is 2.32. The van der Waals surface area contributed by atoms with Crippen LogP contribution in [0.1, 0.15) is 34.6 Å². The first-order valence-electron chi connectivity index (χ1n) is 8.99. The number of benzene rings is 2. The van der Waals surface area contributed by atoms with E-state index in [1.54, 1.807) is 11.8 Å². The van der Waals surface area contributed by atoms with E-state index in [1.165, 1.54) is 0 Å². The molecule has 1 aliphatic heterocycles. The van der Waals surface area contributed by atoms with Crippen molar-refractivity contribution in [3.63, 3.8) is 0 Å². The van der Waals surface area contributed by atoms with Gasteiger partial charge in [0.15, 0.2) is 5.82 Å². The second-order valence-corrected chi connectivity index (χ2v) is 8.63. The smallest absolute Gasteiger partial charge is 0.238 e. The maximum Gasteiger partial charge on any atom is 0.238 e. The summed E-state index contributed by atoms with van der Waals surface area (Å²) in [5, 5.41) is 10.7. The lowest BCUT2D eigenvalue weighted by atomic mass is 10.0. The zero-order chi connectivity index (χ0) is 19.7. The van der Waals surface area contributed by atoms with Gasteiger partial charge in [-0.25, -0.2) is 0 Å². The summed E-state index contributed by atoms with van der Waals surface area (Å²) in [4.78, 5) is 12.2. The number of carbonyl (C=O) groups is 1. The summed E-state index contributed by atoms with van der Waals surface area (Å²) in [6, 6.07) is 15.6. The van der Waals surface area contributed by atoms with Crippen LogP contribution in [0.2, 0.25) is 5.02 Å². The van der Waals surface area contributed by atoms with Gasteiger partial charge in [0.25, 0.3) is 0 Å².